The molecule has 0 aromatic heterocycles. The van der Waals surface area contributed by atoms with Crippen LogP contribution in [0.15, 0.2) is 12.2 Å². The van der Waals surface area contributed by atoms with Crippen molar-refractivity contribution in [3.63, 3.8) is 0 Å². The van der Waals surface area contributed by atoms with Crippen LogP contribution in [0, 0.1) is 52.3 Å². The second kappa shape index (κ2) is 7.75. The third-order valence-corrected chi connectivity index (χ3v) is 10.7. The summed E-state index contributed by atoms with van der Waals surface area (Å²) in [6.45, 7) is 12.5. The number of hydrogen-bond donors (Lipinski definition) is 1. The Labute approximate surface area is 174 Å². The molecule has 0 unspecified atom stereocenters. The topological polar surface area (TPSA) is 20.2 Å². The largest absolute Gasteiger partial charge is 0.393 e. The summed E-state index contributed by atoms with van der Waals surface area (Å²) in [5.41, 5.74) is 1.08. The average molecular weight is 387 g/mol. The van der Waals surface area contributed by atoms with E-state index in [1.165, 1.54) is 51.4 Å². The van der Waals surface area contributed by atoms with E-state index in [1.54, 1.807) is 0 Å². The Balaban J connectivity index is 1.51. The van der Waals surface area contributed by atoms with Gasteiger partial charge in [0.1, 0.15) is 0 Å². The summed E-state index contributed by atoms with van der Waals surface area (Å²) >= 11 is 0. The maximum atomic E-state index is 10.2. The van der Waals surface area contributed by atoms with Gasteiger partial charge in [-0.25, -0.2) is 0 Å². The molecule has 0 heterocycles. The van der Waals surface area contributed by atoms with Gasteiger partial charge in [-0.3, -0.25) is 0 Å². The Hall–Kier alpha value is -0.300. The van der Waals surface area contributed by atoms with Gasteiger partial charge < -0.3 is 5.11 Å². The highest BCUT2D eigenvalue weighted by Gasteiger charge is 2.60. The van der Waals surface area contributed by atoms with Gasteiger partial charge in [-0.1, -0.05) is 53.2 Å². The number of aliphatic hydroxyl groups excluding tert-OH is 1. The molecule has 10 atom stereocenters. The maximum absolute atomic E-state index is 10.2. The highest BCUT2D eigenvalue weighted by atomic mass is 16.3. The minimum atomic E-state index is -0.0162. The van der Waals surface area contributed by atoms with Crippen molar-refractivity contribution in [1.29, 1.82) is 0 Å². The van der Waals surface area contributed by atoms with Crippen molar-refractivity contribution in [2.45, 2.75) is 105 Å². The molecule has 1 heteroatoms. The van der Waals surface area contributed by atoms with Gasteiger partial charge >= 0.3 is 0 Å². The molecule has 0 amide bonds. The molecule has 160 valence electrons. The van der Waals surface area contributed by atoms with Gasteiger partial charge in [0.2, 0.25) is 0 Å². The SMILES string of the molecule is CC[C@H](C)/C=C/[C@@H](C)[C@H]1CC[C@H]2[C@@H]3CC[C@H]4C[C@@H](O)CC[C@]4(C)[C@H]3CC[C@]12C. The molecule has 0 aromatic rings. The molecule has 1 nitrogen and oxygen atoms in total. The summed E-state index contributed by atoms with van der Waals surface area (Å²) in [7, 11) is 0. The second-order valence-corrected chi connectivity index (χ2v) is 11.9. The fourth-order valence-corrected chi connectivity index (χ4v) is 8.77. The molecule has 0 aliphatic heterocycles. The molecule has 0 spiro atoms. The van der Waals surface area contributed by atoms with Crippen molar-refractivity contribution < 1.29 is 5.11 Å². The minimum absolute atomic E-state index is 0.0162. The van der Waals surface area contributed by atoms with E-state index in [1.807, 2.05) is 0 Å². The van der Waals surface area contributed by atoms with E-state index in [-0.39, 0.29) is 6.10 Å². The zero-order chi connectivity index (χ0) is 20.1. The molecule has 28 heavy (non-hydrogen) atoms. The fraction of sp³-hybridized carbons (Fsp3) is 0.926. The standard InChI is InChI=1S/C27H46O/c1-6-18(2)7-8-19(3)23-11-12-24-22-10-9-20-17-21(28)13-15-26(20,4)25(22)14-16-27(23,24)5/h7-8,18-25,28H,6,9-17H2,1-5H3/b8-7+/t18-,19+,20-,21-,22-,23+,24-,25-,26-,27+/m0/s1. The van der Waals surface area contributed by atoms with Crippen LogP contribution < -0.4 is 0 Å². The Bertz CT molecular complexity index is 581. The first-order valence-electron chi connectivity index (χ1n) is 12.7. The zero-order valence-electron chi connectivity index (χ0n) is 19.3. The summed E-state index contributed by atoms with van der Waals surface area (Å²) < 4.78 is 0. The predicted octanol–water partition coefficient (Wildman–Crippen LogP) is 7.24. The Morgan fingerprint density at radius 1 is 0.893 bits per heavy atom. The van der Waals surface area contributed by atoms with Gasteiger partial charge in [0, 0.05) is 0 Å². The van der Waals surface area contributed by atoms with Crippen LogP contribution in [-0.2, 0) is 0 Å². The molecule has 1 N–H and O–H groups in total. The van der Waals surface area contributed by atoms with Crippen molar-refractivity contribution >= 4 is 0 Å². The maximum Gasteiger partial charge on any atom is 0.0543 e. The fourth-order valence-electron chi connectivity index (χ4n) is 8.77. The van der Waals surface area contributed by atoms with E-state index in [0.29, 0.717) is 10.8 Å². The van der Waals surface area contributed by atoms with Gasteiger partial charge in [-0.15, -0.1) is 0 Å². The van der Waals surface area contributed by atoms with Gasteiger partial charge in [-0.2, -0.15) is 0 Å². The molecule has 4 saturated carbocycles. The summed E-state index contributed by atoms with van der Waals surface area (Å²) in [5.74, 6) is 5.99. The molecule has 0 saturated heterocycles. The van der Waals surface area contributed by atoms with Crippen LogP contribution in [0.25, 0.3) is 0 Å². The lowest BCUT2D eigenvalue weighted by molar-refractivity contribution is -0.128. The minimum Gasteiger partial charge on any atom is -0.393 e. The smallest absolute Gasteiger partial charge is 0.0543 e. The average Bonchev–Trinajstić information content (AvgIpc) is 3.03. The quantitative estimate of drug-likeness (QED) is 0.505. The van der Waals surface area contributed by atoms with Gasteiger partial charge in [0.05, 0.1) is 6.10 Å². The van der Waals surface area contributed by atoms with Gasteiger partial charge in [-0.05, 0) is 110 Å². The van der Waals surface area contributed by atoms with Crippen LogP contribution in [0.5, 0.6) is 0 Å². The molecule has 0 bridgehead atoms. The molecule has 4 fully saturated rings. The van der Waals surface area contributed by atoms with Crippen molar-refractivity contribution in [1.82, 2.24) is 0 Å². The predicted molar refractivity (Wildman–Crippen MR) is 119 cm³/mol. The van der Waals surface area contributed by atoms with Gasteiger partial charge in [0.25, 0.3) is 0 Å². The van der Waals surface area contributed by atoms with E-state index in [0.717, 1.165) is 54.3 Å². The zero-order valence-corrected chi connectivity index (χ0v) is 19.3. The first-order valence-corrected chi connectivity index (χ1v) is 12.7. The summed E-state index contributed by atoms with van der Waals surface area (Å²) in [5, 5.41) is 10.2. The normalized spacial score (nSPS) is 50.6. The lowest BCUT2D eigenvalue weighted by atomic mass is 9.44. The highest BCUT2D eigenvalue weighted by molar-refractivity contribution is 5.11. The van der Waals surface area contributed by atoms with Crippen LogP contribution >= 0.6 is 0 Å². The van der Waals surface area contributed by atoms with E-state index in [2.05, 4.69) is 46.8 Å². The number of fused-ring (bicyclic) bond motifs is 5. The van der Waals surface area contributed by atoms with Crippen LogP contribution in [0.1, 0.15) is 98.8 Å². The lowest BCUT2D eigenvalue weighted by Gasteiger charge is -2.61. The molecule has 4 aliphatic rings. The summed E-state index contributed by atoms with van der Waals surface area (Å²) in [6, 6.07) is 0. The van der Waals surface area contributed by atoms with Gasteiger partial charge in [0.15, 0.2) is 0 Å². The molecule has 4 rings (SSSR count). The first kappa shape index (κ1) is 21.0. The van der Waals surface area contributed by atoms with Crippen LogP contribution in [0.3, 0.4) is 0 Å². The highest BCUT2D eigenvalue weighted by Crippen LogP contribution is 2.68. The van der Waals surface area contributed by atoms with Crippen molar-refractivity contribution in [3.8, 4) is 0 Å². The molecular weight excluding hydrogens is 340 g/mol. The Morgan fingerprint density at radius 3 is 2.36 bits per heavy atom. The lowest BCUT2D eigenvalue weighted by Crippen LogP contribution is -2.54. The molecule has 0 radical (unpaired) electrons. The van der Waals surface area contributed by atoms with E-state index in [9.17, 15) is 5.11 Å². The number of rotatable bonds is 4. The van der Waals surface area contributed by atoms with E-state index >= 15 is 0 Å². The summed E-state index contributed by atoms with van der Waals surface area (Å²) in [6.07, 6.45) is 18.4. The third-order valence-electron chi connectivity index (χ3n) is 10.7. The van der Waals surface area contributed by atoms with E-state index < -0.39 is 0 Å². The van der Waals surface area contributed by atoms with Crippen molar-refractivity contribution in [2.24, 2.45) is 52.3 Å². The van der Waals surface area contributed by atoms with Crippen LogP contribution in [-0.4, -0.2) is 11.2 Å². The van der Waals surface area contributed by atoms with E-state index in [4.69, 9.17) is 0 Å². The molecular formula is C27H46O. The molecule has 0 aromatic carbocycles. The number of aliphatic hydroxyl groups is 1. The van der Waals surface area contributed by atoms with Crippen molar-refractivity contribution in [2.75, 3.05) is 0 Å². The first-order chi connectivity index (χ1) is 13.3. The number of allylic oxidation sites excluding steroid dienone is 2. The summed E-state index contributed by atoms with van der Waals surface area (Å²) in [4.78, 5) is 0. The Kier molecular flexibility index (Phi) is 5.80. The monoisotopic (exact) mass is 386 g/mol. The number of hydrogen-bond acceptors (Lipinski definition) is 1. The Morgan fingerprint density at radius 2 is 1.61 bits per heavy atom. The third kappa shape index (κ3) is 3.32. The molecule has 4 aliphatic carbocycles. The van der Waals surface area contributed by atoms with Crippen molar-refractivity contribution in [3.05, 3.63) is 12.2 Å². The van der Waals surface area contributed by atoms with Crippen LogP contribution in [0.4, 0.5) is 0 Å². The van der Waals surface area contributed by atoms with Crippen LogP contribution in [0.2, 0.25) is 0 Å². The second-order valence-electron chi connectivity index (χ2n) is 11.9.